The Morgan fingerprint density at radius 1 is 1.13 bits per heavy atom. The van der Waals surface area contributed by atoms with Crippen molar-refractivity contribution in [1.82, 2.24) is 9.55 Å². The molecule has 2 N–H and O–H groups in total. The number of imidazole rings is 1. The molecule has 3 rings (SSSR count). The number of alkyl halides is 3. The zero-order valence-corrected chi connectivity index (χ0v) is 12.5. The van der Waals surface area contributed by atoms with Crippen LogP contribution in [0.2, 0.25) is 0 Å². The van der Waals surface area contributed by atoms with Crippen molar-refractivity contribution in [1.29, 1.82) is 0 Å². The van der Waals surface area contributed by atoms with Gasteiger partial charge in [0.15, 0.2) is 0 Å². The predicted molar refractivity (Wildman–Crippen MR) is 82.1 cm³/mol. The lowest BCUT2D eigenvalue weighted by atomic mass is 10.1. The normalized spacial score (nSPS) is 11.9. The average Bonchev–Trinajstić information content (AvgIpc) is 2.84. The van der Waals surface area contributed by atoms with Gasteiger partial charge in [-0.05, 0) is 36.4 Å². The fourth-order valence-electron chi connectivity index (χ4n) is 2.55. The first-order valence-corrected chi connectivity index (χ1v) is 6.79. The van der Waals surface area contributed by atoms with E-state index in [0.29, 0.717) is 17.1 Å². The van der Waals surface area contributed by atoms with Gasteiger partial charge in [-0.25, -0.2) is 4.98 Å². The van der Waals surface area contributed by atoms with E-state index in [0.717, 1.165) is 17.7 Å². The number of nitrogens with two attached hydrogens (primary N) is 1. The number of benzene rings is 2. The molecule has 2 aromatic carbocycles. The SMILES string of the molecule is COc1ccc(-c2nc3cc(C(F)(F)F)cc(N)c3n2C)cc1. The molecule has 0 aliphatic carbocycles. The highest BCUT2D eigenvalue weighted by atomic mass is 19.4. The van der Waals surface area contributed by atoms with Gasteiger partial charge in [-0.3, -0.25) is 0 Å². The summed E-state index contributed by atoms with van der Waals surface area (Å²) < 4.78 is 45.5. The van der Waals surface area contributed by atoms with Crippen molar-refractivity contribution in [2.45, 2.75) is 6.18 Å². The number of hydrogen-bond donors (Lipinski definition) is 1. The smallest absolute Gasteiger partial charge is 0.416 e. The Kier molecular flexibility index (Phi) is 3.43. The molecule has 1 aromatic heterocycles. The third kappa shape index (κ3) is 2.58. The van der Waals surface area contributed by atoms with Crippen LogP contribution in [0.4, 0.5) is 18.9 Å². The maximum atomic E-state index is 12.9. The first kappa shape index (κ1) is 15.2. The van der Waals surface area contributed by atoms with E-state index < -0.39 is 11.7 Å². The first-order valence-electron chi connectivity index (χ1n) is 6.79. The highest BCUT2D eigenvalue weighted by molar-refractivity contribution is 5.91. The van der Waals surface area contributed by atoms with Crippen LogP contribution in [0.15, 0.2) is 36.4 Å². The topological polar surface area (TPSA) is 53.1 Å². The van der Waals surface area contributed by atoms with E-state index in [1.165, 1.54) is 0 Å². The van der Waals surface area contributed by atoms with Crippen molar-refractivity contribution in [2.24, 2.45) is 7.05 Å². The number of halogens is 3. The molecule has 120 valence electrons. The summed E-state index contributed by atoms with van der Waals surface area (Å²) >= 11 is 0. The standard InChI is InChI=1S/C16H14F3N3O/c1-22-14-12(20)7-10(16(17,18)19)8-13(14)21-15(22)9-3-5-11(23-2)6-4-9/h3-8H,20H2,1-2H3. The third-order valence-corrected chi connectivity index (χ3v) is 3.67. The number of nitrogens with zero attached hydrogens (tertiary/aromatic N) is 2. The van der Waals surface area contributed by atoms with Crippen molar-refractivity contribution < 1.29 is 17.9 Å². The number of fused-ring (bicyclic) bond motifs is 1. The fraction of sp³-hybridized carbons (Fsp3) is 0.188. The molecule has 3 aromatic rings. The second-order valence-corrected chi connectivity index (χ2v) is 5.15. The molecule has 0 atom stereocenters. The number of anilines is 1. The first-order chi connectivity index (χ1) is 10.8. The minimum Gasteiger partial charge on any atom is -0.497 e. The van der Waals surface area contributed by atoms with Gasteiger partial charge < -0.3 is 15.0 Å². The molecule has 0 aliphatic rings. The van der Waals surface area contributed by atoms with E-state index in [9.17, 15) is 13.2 Å². The lowest BCUT2D eigenvalue weighted by Gasteiger charge is -2.08. The van der Waals surface area contributed by atoms with Gasteiger partial charge in [0, 0.05) is 12.6 Å². The van der Waals surface area contributed by atoms with Gasteiger partial charge in [-0.15, -0.1) is 0 Å². The summed E-state index contributed by atoms with van der Waals surface area (Å²) in [5.74, 6) is 1.22. The largest absolute Gasteiger partial charge is 0.497 e. The number of aryl methyl sites for hydroxylation is 1. The predicted octanol–water partition coefficient (Wildman–Crippen LogP) is 3.85. The monoisotopic (exact) mass is 321 g/mol. The third-order valence-electron chi connectivity index (χ3n) is 3.67. The van der Waals surface area contributed by atoms with Crippen LogP contribution in [-0.4, -0.2) is 16.7 Å². The molecule has 7 heteroatoms. The molecule has 0 aliphatic heterocycles. The summed E-state index contributed by atoms with van der Waals surface area (Å²) in [5.41, 5.74) is 6.50. The molecule has 0 fully saturated rings. The van der Waals surface area contributed by atoms with Crippen molar-refractivity contribution in [3.05, 3.63) is 42.0 Å². The van der Waals surface area contributed by atoms with E-state index in [2.05, 4.69) is 4.98 Å². The highest BCUT2D eigenvalue weighted by Gasteiger charge is 2.32. The average molecular weight is 321 g/mol. The van der Waals surface area contributed by atoms with Crippen LogP contribution in [0.5, 0.6) is 5.75 Å². The van der Waals surface area contributed by atoms with Crippen LogP contribution < -0.4 is 10.5 Å². The van der Waals surface area contributed by atoms with Gasteiger partial charge >= 0.3 is 6.18 Å². The molecule has 23 heavy (non-hydrogen) atoms. The summed E-state index contributed by atoms with van der Waals surface area (Å²) in [6.07, 6.45) is -4.46. The van der Waals surface area contributed by atoms with Crippen molar-refractivity contribution in [3.63, 3.8) is 0 Å². The minimum absolute atomic E-state index is 0.0459. The Balaban J connectivity index is 2.19. The maximum absolute atomic E-state index is 12.9. The Hall–Kier alpha value is -2.70. The van der Waals surface area contributed by atoms with Crippen LogP contribution >= 0.6 is 0 Å². The highest BCUT2D eigenvalue weighted by Crippen LogP contribution is 2.35. The lowest BCUT2D eigenvalue weighted by molar-refractivity contribution is -0.137. The molecular weight excluding hydrogens is 307 g/mol. The summed E-state index contributed by atoms with van der Waals surface area (Å²) in [5, 5.41) is 0. The molecule has 4 nitrogen and oxygen atoms in total. The van der Waals surface area contributed by atoms with Crippen LogP contribution in [0, 0.1) is 0 Å². The van der Waals surface area contributed by atoms with Gasteiger partial charge in [0.25, 0.3) is 0 Å². The molecule has 0 spiro atoms. The van der Waals surface area contributed by atoms with Crippen LogP contribution in [0.1, 0.15) is 5.56 Å². The second-order valence-electron chi connectivity index (χ2n) is 5.15. The minimum atomic E-state index is -4.46. The molecule has 0 amide bonds. The molecule has 0 unspecified atom stereocenters. The van der Waals surface area contributed by atoms with Crippen molar-refractivity contribution in [3.8, 4) is 17.1 Å². The Morgan fingerprint density at radius 2 is 1.78 bits per heavy atom. The van der Waals surface area contributed by atoms with Crippen LogP contribution in [-0.2, 0) is 13.2 Å². The quantitative estimate of drug-likeness (QED) is 0.729. The fourth-order valence-corrected chi connectivity index (χ4v) is 2.55. The molecule has 1 heterocycles. The zero-order chi connectivity index (χ0) is 16.8. The van der Waals surface area contributed by atoms with Crippen LogP contribution in [0.25, 0.3) is 22.4 Å². The Morgan fingerprint density at radius 3 is 2.35 bits per heavy atom. The van der Waals surface area contributed by atoms with Gasteiger partial charge in [0.05, 0.1) is 29.4 Å². The van der Waals surface area contributed by atoms with Gasteiger partial charge in [-0.1, -0.05) is 0 Å². The van der Waals surface area contributed by atoms with E-state index in [1.54, 1.807) is 43.0 Å². The summed E-state index contributed by atoms with van der Waals surface area (Å²) in [6, 6.07) is 9.06. The number of nitrogen functional groups attached to an aromatic ring is 1. The van der Waals surface area contributed by atoms with Crippen molar-refractivity contribution >= 4 is 16.7 Å². The Bertz CT molecular complexity index is 867. The van der Waals surface area contributed by atoms with E-state index in [-0.39, 0.29) is 11.2 Å². The summed E-state index contributed by atoms with van der Waals surface area (Å²) in [6.45, 7) is 0. The van der Waals surface area contributed by atoms with Gasteiger partial charge in [0.1, 0.15) is 11.6 Å². The molecule has 0 radical (unpaired) electrons. The zero-order valence-electron chi connectivity index (χ0n) is 12.5. The molecular formula is C16H14F3N3O. The number of methoxy groups -OCH3 is 1. The van der Waals surface area contributed by atoms with E-state index in [4.69, 9.17) is 10.5 Å². The molecule has 0 saturated heterocycles. The number of aromatic nitrogens is 2. The summed E-state index contributed by atoms with van der Waals surface area (Å²) in [7, 11) is 3.28. The second kappa shape index (κ2) is 5.19. The summed E-state index contributed by atoms with van der Waals surface area (Å²) in [4.78, 5) is 4.32. The molecule has 0 saturated carbocycles. The van der Waals surface area contributed by atoms with Gasteiger partial charge in [0.2, 0.25) is 0 Å². The molecule has 0 bridgehead atoms. The number of rotatable bonds is 2. The van der Waals surface area contributed by atoms with E-state index in [1.807, 2.05) is 0 Å². The Labute approximate surface area is 130 Å². The van der Waals surface area contributed by atoms with Crippen LogP contribution in [0.3, 0.4) is 0 Å². The number of hydrogen-bond acceptors (Lipinski definition) is 3. The van der Waals surface area contributed by atoms with Gasteiger partial charge in [-0.2, -0.15) is 13.2 Å². The maximum Gasteiger partial charge on any atom is 0.416 e. The van der Waals surface area contributed by atoms with E-state index >= 15 is 0 Å². The van der Waals surface area contributed by atoms with Crippen molar-refractivity contribution in [2.75, 3.05) is 12.8 Å². The lowest BCUT2D eigenvalue weighted by Crippen LogP contribution is -2.06. The number of ether oxygens (including phenoxy) is 1.